The monoisotopic (exact) mass is 474 g/mol. The Bertz CT molecular complexity index is 1180. The quantitative estimate of drug-likeness (QED) is 0.614. The van der Waals surface area contributed by atoms with Crippen molar-refractivity contribution in [3.63, 3.8) is 0 Å². The number of pyridine rings is 1. The second-order valence-electron chi connectivity index (χ2n) is 8.89. The van der Waals surface area contributed by atoms with Crippen molar-refractivity contribution in [1.29, 1.82) is 0 Å². The van der Waals surface area contributed by atoms with Gasteiger partial charge in [0.2, 0.25) is 0 Å². The van der Waals surface area contributed by atoms with Crippen molar-refractivity contribution >= 4 is 12.1 Å². The summed E-state index contributed by atoms with van der Waals surface area (Å²) >= 11 is 0. The molecule has 0 unspecified atom stereocenters. The van der Waals surface area contributed by atoms with Crippen molar-refractivity contribution in [2.75, 3.05) is 13.2 Å². The van der Waals surface area contributed by atoms with Crippen LogP contribution in [0.2, 0.25) is 0 Å². The van der Waals surface area contributed by atoms with E-state index in [0.29, 0.717) is 29.8 Å². The lowest BCUT2D eigenvalue weighted by Gasteiger charge is -2.23. The third kappa shape index (κ3) is 5.71. The van der Waals surface area contributed by atoms with Gasteiger partial charge in [-0.15, -0.1) is 0 Å². The maximum absolute atomic E-state index is 13.0. The molecule has 2 aromatic rings. The highest BCUT2D eigenvalue weighted by Gasteiger charge is 2.26. The first-order chi connectivity index (χ1) is 16.0. The smallest absolute Gasteiger partial charge is 0.408 e. The fraction of sp³-hybridized carbons (Fsp3) is 0.522. The van der Waals surface area contributed by atoms with E-state index in [0.717, 1.165) is 4.57 Å². The van der Waals surface area contributed by atoms with E-state index < -0.39 is 35.0 Å². The molecular formula is C23H30N4O7. The third-order valence-electron chi connectivity index (χ3n) is 5.16. The largest absolute Gasteiger partial charge is 0.464 e. The normalized spacial score (nSPS) is 14.1. The van der Waals surface area contributed by atoms with E-state index >= 15 is 0 Å². The molecule has 11 nitrogen and oxygen atoms in total. The van der Waals surface area contributed by atoms with Crippen LogP contribution in [0.25, 0.3) is 5.82 Å². The number of nitrogens with one attached hydrogen (secondary N) is 1. The number of carbonyl (C=O) groups is 2. The SMILES string of the molecule is CCOC(=O)[C@H](Cc1ccc(-n2c(=O)c3c(n(C)c2=O)CCOC3)nc1)NC(=O)OC(C)(C)C. The Hall–Kier alpha value is -3.47. The molecule has 0 fully saturated rings. The Kier molecular flexibility index (Phi) is 7.55. The number of rotatable bonds is 6. The van der Waals surface area contributed by atoms with E-state index in [4.69, 9.17) is 14.2 Å². The molecule has 0 bridgehead atoms. The van der Waals surface area contributed by atoms with Gasteiger partial charge in [-0.05, 0) is 39.3 Å². The summed E-state index contributed by atoms with van der Waals surface area (Å²) in [6, 6.07) is 2.15. The van der Waals surface area contributed by atoms with Crippen molar-refractivity contribution in [2.45, 2.75) is 58.8 Å². The molecule has 34 heavy (non-hydrogen) atoms. The Labute approximate surface area is 196 Å². The summed E-state index contributed by atoms with van der Waals surface area (Å²) in [7, 11) is 1.61. The standard InChI is InChI=1S/C23H30N4O7/c1-6-33-20(29)16(25-21(30)34-23(2,3)4)11-14-7-8-18(24-12-14)27-19(28)15-13-32-10-9-17(15)26(5)22(27)31/h7-8,12,16H,6,9-11,13H2,1-5H3,(H,25,30)/t16-/m0/s1. The van der Waals surface area contributed by atoms with Gasteiger partial charge in [-0.3, -0.25) is 9.36 Å². The number of fused-ring (bicyclic) bond motifs is 1. The van der Waals surface area contributed by atoms with Crippen molar-refractivity contribution in [3.05, 3.63) is 56.0 Å². The maximum atomic E-state index is 13.0. The molecule has 0 spiro atoms. The predicted octanol–water partition coefficient (Wildman–Crippen LogP) is 1.00. The molecule has 2 aromatic heterocycles. The van der Waals surface area contributed by atoms with Crippen LogP contribution < -0.4 is 16.6 Å². The average Bonchev–Trinajstić information content (AvgIpc) is 2.77. The molecule has 0 aliphatic carbocycles. The van der Waals surface area contributed by atoms with E-state index in [2.05, 4.69) is 10.3 Å². The average molecular weight is 475 g/mol. The summed E-state index contributed by atoms with van der Waals surface area (Å²) in [5, 5.41) is 2.53. The summed E-state index contributed by atoms with van der Waals surface area (Å²) in [5.74, 6) is -0.465. The second kappa shape index (κ2) is 10.2. The zero-order chi connectivity index (χ0) is 25.0. The highest BCUT2D eigenvalue weighted by molar-refractivity contribution is 5.81. The first kappa shape index (κ1) is 25.2. The third-order valence-corrected chi connectivity index (χ3v) is 5.16. The minimum atomic E-state index is -1.00. The Morgan fingerprint density at radius 3 is 2.62 bits per heavy atom. The summed E-state index contributed by atoms with van der Waals surface area (Å²) < 4.78 is 18.1. The molecule has 0 saturated heterocycles. The predicted molar refractivity (Wildman–Crippen MR) is 122 cm³/mol. The van der Waals surface area contributed by atoms with E-state index in [-0.39, 0.29) is 25.5 Å². The van der Waals surface area contributed by atoms with Gasteiger partial charge in [-0.25, -0.2) is 23.9 Å². The summed E-state index contributed by atoms with van der Waals surface area (Å²) in [6.45, 7) is 7.56. The Balaban J connectivity index is 1.86. The number of amides is 1. The Morgan fingerprint density at radius 1 is 1.26 bits per heavy atom. The lowest BCUT2D eigenvalue weighted by Crippen LogP contribution is -2.45. The molecule has 11 heteroatoms. The van der Waals surface area contributed by atoms with Crippen LogP contribution in [0.5, 0.6) is 0 Å². The summed E-state index contributed by atoms with van der Waals surface area (Å²) in [4.78, 5) is 54.6. The number of hydrogen-bond acceptors (Lipinski definition) is 8. The first-order valence-corrected chi connectivity index (χ1v) is 11.0. The van der Waals surface area contributed by atoms with Crippen LogP contribution in [0.1, 0.15) is 44.5 Å². The zero-order valence-corrected chi connectivity index (χ0v) is 20.0. The maximum Gasteiger partial charge on any atom is 0.408 e. The minimum absolute atomic E-state index is 0.0797. The van der Waals surface area contributed by atoms with Crippen LogP contribution in [0.4, 0.5) is 4.79 Å². The van der Waals surface area contributed by atoms with Gasteiger partial charge in [0, 0.05) is 31.8 Å². The fourth-order valence-electron chi connectivity index (χ4n) is 3.61. The highest BCUT2D eigenvalue weighted by atomic mass is 16.6. The van der Waals surface area contributed by atoms with Gasteiger partial charge in [0.05, 0.1) is 25.4 Å². The van der Waals surface area contributed by atoms with Gasteiger partial charge >= 0.3 is 17.8 Å². The van der Waals surface area contributed by atoms with Gasteiger partial charge in [0.1, 0.15) is 17.5 Å². The topological polar surface area (TPSA) is 131 Å². The minimum Gasteiger partial charge on any atom is -0.464 e. The molecule has 3 heterocycles. The molecule has 1 atom stereocenters. The van der Waals surface area contributed by atoms with E-state index in [1.54, 1.807) is 40.8 Å². The van der Waals surface area contributed by atoms with Gasteiger partial charge in [-0.2, -0.15) is 0 Å². The molecule has 0 radical (unpaired) electrons. The molecule has 1 N–H and O–H groups in total. The van der Waals surface area contributed by atoms with Crippen LogP contribution >= 0.6 is 0 Å². The molecule has 184 valence electrons. The van der Waals surface area contributed by atoms with Gasteiger partial charge in [0.15, 0.2) is 0 Å². The summed E-state index contributed by atoms with van der Waals surface area (Å²) in [5.41, 5.74) is -0.00554. The van der Waals surface area contributed by atoms with Crippen LogP contribution in [0.15, 0.2) is 27.9 Å². The number of aromatic nitrogens is 3. The van der Waals surface area contributed by atoms with Gasteiger partial charge in [0.25, 0.3) is 5.56 Å². The number of carbonyl (C=O) groups excluding carboxylic acids is 2. The zero-order valence-electron chi connectivity index (χ0n) is 20.0. The molecule has 0 aromatic carbocycles. The van der Waals surface area contributed by atoms with E-state index in [9.17, 15) is 19.2 Å². The molecule has 3 rings (SSSR count). The van der Waals surface area contributed by atoms with E-state index in [1.165, 1.54) is 16.8 Å². The van der Waals surface area contributed by atoms with Crippen molar-refractivity contribution in [1.82, 2.24) is 19.4 Å². The highest BCUT2D eigenvalue weighted by Crippen LogP contribution is 2.13. The van der Waals surface area contributed by atoms with Crippen molar-refractivity contribution < 1.29 is 23.8 Å². The Morgan fingerprint density at radius 2 is 2.00 bits per heavy atom. The van der Waals surface area contributed by atoms with Crippen LogP contribution in [0, 0.1) is 0 Å². The van der Waals surface area contributed by atoms with Crippen molar-refractivity contribution in [3.8, 4) is 5.82 Å². The molecule has 0 saturated carbocycles. The second-order valence-corrected chi connectivity index (χ2v) is 8.89. The van der Waals surface area contributed by atoms with E-state index in [1.807, 2.05) is 0 Å². The lowest BCUT2D eigenvalue weighted by molar-refractivity contribution is -0.145. The number of ether oxygens (including phenoxy) is 3. The number of alkyl carbamates (subject to hydrolysis) is 1. The summed E-state index contributed by atoms with van der Waals surface area (Å²) in [6.07, 6.45) is 1.27. The van der Waals surface area contributed by atoms with Crippen LogP contribution in [-0.2, 0) is 45.5 Å². The number of hydrogen-bond donors (Lipinski definition) is 1. The lowest BCUT2D eigenvalue weighted by atomic mass is 10.1. The molecule has 1 amide bonds. The van der Waals surface area contributed by atoms with Crippen molar-refractivity contribution in [2.24, 2.45) is 7.05 Å². The van der Waals surface area contributed by atoms with Gasteiger partial charge in [-0.1, -0.05) is 6.07 Å². The van der Waals surface area contributed by atoms with Gasteiger partial charge < -0.3 is 19.5 Å². The molecular weight excluding hydrogens is 444 g/mol. The van der Waals surface area contributed by atoms with Crippen LogP contribution in [0.3, 0.4) is 0 Å². The number of nitrogens with zero attached hydrogens (tertiary/aromatic N) is 3. The first-order valence-electron chi connectivity index (χ1n) is 11.0. The molecule has 1 aliphatic heterocycles. The fourth-order valence-corrected chi connectivity index (χ4v) is 3.61. The number of esters is 1. The molecule has 1 aliphatic rings. The van der Waals surface area contributed by atoms with Crippen LogP contribution in [-0.4, -0.2) is 51.0 Å².